The summed E-state index contributed by atoms with van der Waals surface area (Å²) in [7, 11) is 0. The molecule has 0 aliphatic carbocycles. The SMILES string of the molecule is Cc1cc(C(=O)N2C(C)CNCC2C)no1. The van der Waals surface area contributed by atoms with Gasteiger partial charge in [-0.3, -0.25) is 4.79 Å². The second-order valence-electron chi connectivity index (χ2n) is 4.39. The number of nitrogens with one attached hydrogen (secondary N) is 1. The van der Waals surface area contributed by atoms with Crippen molar-refractivity contribution in [2.24, 2.45) is 0 Å². The van der Waals surface area contributed by atoms with Gasteiger partial charge in [0.15, 0.2) is 5.69 Å². The summed E-state index contributed by atoms with van der Waals surface area (Å²) in [5, 5.41) is 7.06. The summed E-state index contributed by atoms with van der Waals surface area (Å²) in [5.74, 6) is 0.622. The van der Waals surface area contributed by atoms with Gasteiger partial charge in [0, 0.05) is 31.2 Å². The predicted molar refractivity (Wildman–Crippen MR) is 59.2 cm³/mol. The standard InChI is InChI=1S/C11H17N3O2/c1-7-5-12-6-8(2)14(7)11(15)10-4-9(3)16-13-10/h4,7-8,12H,5-6H2,1-3H3. The van der Waals surface area contributed by atoms with Crippen molar-refractivity contribution in [1.29, 1.82) is 0 Å². The minimum Gasteiger partial charge on any atom is -0.361 e. The van der Waals surface area contributed by atoms with Crippen LogP contribution in [-0.2, 0) is 0 Å². The van der Waals surface area contributed by atoms with Crippen LogP contribution in [-0.4, -0.2) is 41.1 Å². The molecule has 1 N–H and O–H groups in total. The number of amides is 1. The third-order valence-electron chi connectivity index (χ3n) is 2.91. The minimum atomic E-state index is -0.0432. The van der Waals surface area contributed by atoms with Crippen LogP contribution in [0.3, 0.4) is 0 Å². The van der Waals surface area contributed by atoms with Crippen molar-refractivity contribution >= 4 is 5.91 Å². The molecule has 1 saturated heterocycles. The molecule has 2 heterocycles. The molecule has 2 unspecified atom stereocenters. The van der Waals surface area contributed by atoms with Crippen molar-refractivity contribution < 1.29 is 9.32 Å². The number of carbonyl (C=O) groups excluding carboxylic acids is 1. The Kier molecular flexibility index (Phi) is 2.96. The van der Waals surface area contributed by atoms with Crippen LogP contribution in [0.4, 0.5) is 0 Å². The number of carbonyl (C=O) groups is 1. The highest BCUT2D eigenvalue weighted by Crippen LogP contribution is 2.14. The Morgan fingerprint density at radius 2 is 2.12 bits per heavy atom. The number of hydrogen-bond donors (Lipinski definition) is 1. The number of aryl methyl sites for hydroxylation is 1. The molecule has 1 aliphatic rings. The molecule has 2 atom stereocenters. The molecule has 16 heavy (non-hydrogen) atoms. The quantitative estimate of drug-likeness (QED) is 0.765. The van der Waals surface area contributed by atoms with Crippen LogP contribution in [0.2, 0.25) is 0 Å². The van der Waals surface area contributed by atoms with Gasteiger partial charge in [0.1, 0.15) is 5.76 Å². The number of rotatable bonds is 1. The van der Waals surface area contributed by atoms with Crippen LogP contribution in [0.1, 0.15) is 30.1 Å². The Morgan fingerprint density at radius 1 is 1.50 bits per heavy atom. The summed E-state index contributed by atoms with van der Waals surface area (Å²) in [6.07, 6.45) is 0. The molecule has 2 rings (SSSR count). The second kappa shape index (κ2) is 4.25. The maximum Gasteiger partial charge on any atom is 0.276 e. The molecule has 0 radical (unpaired) electrons. The van der Waals surface area contributed by atoms with Gasteiger partial charge in [0.25, 0.3) is 5.91 Å². The average Bonchev–Trinajstić information content (AvgIpc) is 2.64. The predicted octanol–water partition coefficient (Wildman–Crippen LogP) is 0.805. The third kappa shape index (κ3) is 1.95. The molecule has 5 heteroatoms. The molecule has 1 fully saturated rings. The Bertz CT molecular complexity index is 378. The van der Waals surface area contributed by atoms with E-state index >= 15 is 0 Å². The van der Waals surface area contributed by atoms with E-state index in [1.54, 1.807) is 13.0 Å². The molecule has 0 saturated carbocycles. The van der Waals surface area contributed by atoms with Gasteiger partial charge in [-0.25, -0.2) is 0 Å². The Labute approximate surface area is 94.8 Å². The van der Waals surface area contributed by atoms with E-state index < -0.39 is 0 Å². The highest BCUT2D eigenvalue weighted by molar-refractivity contribution is 5.92. The molecule has 0 spiro atoms. The van der Waals surface area contributed by atoms with Crippen LogP contribution in [0.15, 0.2) is 10.6 Å². The zero-order chi connectivity index (χ0) is 11.7. The fourth-order valence-electron chi connectivity index (χ4n) is 2.13. The molecule has 1 aromatic rings. The zero-order valence-electron chi connectivity index (χ0n) is 9.86. The van der Waals surface area contributed by atoms with Gasteiger partial charge in [-0.05, 0) is 20.8 Å². The highest BCUT2D eigenvalue weighted by Gasteiger charge is 2.30. The van der Waals surface area contributed by atoms with Crippen molar-refractivity contribution in [3.05, 3.63) is 17.5 Å². The summed E-state index contributed by atoms with van der Waals surface area (Å²) in [6.45, 7) is 7.51. The first-order valence-electron chi connectivity index (χ1n) is 5.56. The average molecular weight is 223 g/mol. The summed E-state index contributed by atoms with van der Waals surface area (Å²) >= 11 is 0. The molecule has 1 aliphatic heterocycles. The van der Waals surface area contributed by atoms with E-state index in [4.69, 9.17) is 4.52 Å². The van der Waals surface area contributed by atoms with Crippen molar-refractivity contribution in [1.82, 2.24) is 15.4 Å². The fraction of sp³-hybridized carbons (Fsp3) is 0.636. The van der Waals surface area contributed by atoms with Gasteiger partial charge in [0.2, 0.25) is 0 Å². The molecule has 88 valence electrons. The van der Waals surface area contributed by atoms with Crippen LogP contribution >= 0.6 is 0 Å². The van der Waals surface area contributed by atoms with Gasteiger partial charge in [0.05, 0.1) is 0 Å². The topological polar surface area (TPSA) is 58.4 Å². The van der Waals surface area contributed by atoms with E-state index in [1.165, 1.54) is 0 Å². The van der Waals surface area contributed by atoms with Gasteiger partial charge in [-0.2, -0.15) is 0 Å². The van der Waals surface area contributed by atoms with Crippen LogP contribution in [0.5, 0.6) is 0 Å². The summed E-state index contributed by atoms with van der Waals surface area (Å²) in [5.41, 5.74) is 0.401. The van der Waals surface area contributed by atoms with Gasteiger partial charge in [-0.1, -0.05) is 5.16 Å². The van der Waals surface area contributed by atoms with E-state index in [2.05, 4.69) is 10.5 Å². The first-order valence-corrected chi connectivity index (χ1v) is 5.56. The fourth-order valence-corrected chi connectivity index (χ4v) is 2.13. The lowest BCUT2D eigenvalue weighted by Gasteiger charge is -2.38. The zero-order valence-corrected chi connectivity index (χ0v) is 9.86. The maximum atomic E-state index is 12.2. The van der Waals surface area contributed by atoms with E-state index in [0.717, 1.165) is 13.1 Å². The molecule has 5 nitrogen and oxygen atoms in total. The molecule has 1 amide bonds. The van der Waals surface area contributed by atoms with Crippen molar-refractivity contribution in [2.75, 3.05) is 13.1 Å². The van der Waals surface area contributed by atoms with Crippen LogP contribution in [0, 0.1) is 6.92 Å². The van der Waals surface area contributed by atoms with Crippen LogP contribution in [0.25, 0.3) is 0 Å². The largest absolute Gasteiger partial charge is 0.361 e. The van der Waals surface area contributed by atoms with Crippen molar-refractivity contribution in [3.8, 4) is 0 Å². The van der Waals surface area contributed by atoms with E-state index in [0.29, 0.717) is 11.5 Å². The summed E-state index contributed by atoms with van der Waals surface area (Å²) < 4.78 is 4.93. The number of piperazine rings is 1. The molecular formula is C11H17N3O2. The smallest absolute Gasteiger partial charge is 0.276 e. The lowest BCUT2D eigenvalue weighted by Crippen LogP contribution is -2.57. The van der Waals surface area contributed by atoms with Crippen molar-refractivity contribution in [3.63, 3.8) is 0 Å². The molecule has 1 aromatic heterocycles. The molecular weight excluding hydrogens is 206 g/mol. The van der Waals surface area contributed by atoms with E-state index in [-0.39, 0.29) is 18.0 Å². The van der Waals surface area contributed by atoms with Gasteiger partial charge in [-0.15, -0.1) is 0 Å². The second-order valence-corrected chi connectivity index (χ2v) is 4.39. The highest BCUT2D eigenvalue weighted by atomic mass is 16.5. The first kappa shape index (κ1) is 11.1. The van der Waals surface area contributed by atoms with Crippen LogP contribution < -0.4 is 5.32 Å². The minimum absolute atomic E-state index is 0.0432. The van der Waals surface area contributed by atoms with Gasteiger partial charge < -0.3 is 14.7 Å². The third-order valence-corrected chi connectivity index (χ3v) is 2.91. The Balaban J connectivity index is 2.19. The summed E-state index contributed by atoms with van der Waals surface area (Å²) in [4.78, 5) is 14.1. The number of hydrogen-bond acceptors (Lipinski definition) is 4. The Hall–Kier alpha value is -1.36. The van der Waals surface area contributed by atoms with Gasteiger partial charge >= 0.3 is 0 Å². The number of aromatic nitrogens is 1. The summed E-state index contributed by atoms with van der Waals surface area (Å²) in [6, 6.07) is 2.06. The lowest BCUT2D eigenvalue weighted by molar-refractivity contribution is 0.0534. The monoisotopic (exact) mass is 223 g/mol. The van der Waals surface area contributed by atoms with E-state index in [1.807, 2.05) is 18.7 Å². The lowest BCUT2D eigenvalue weighted by atomic mass is 10.1. The Morgan fingerprint density at radius 3 is 2.62 bits per heavy atom. The van der Waals surface area contributed by atoms with E-state index in [9.17, 15) is 4.79 Å². The maximum absolute atomic E-state index is 12.2. The first-order chi connectivity index (χ1) is 7.59. The number of nitrogens with zero attached hydrogens (tertiary/aromatic N) is 2. The normalized spacial score (nSPS) is 25.8. The molecule has 0 aromatic carbocycles. The molecule has 0 bridgehead atoms. The van der Waals surface area contributed by atoms with Crippen molar-refractivity contribution in [2.45, 2.75) is 32.9 Å².